The molecule has 0 bridgehead atoms. The largest absolute Gasteiger partial charge is 0.480 e. The zero-order chi connectivity index (χ0) is 7.98. The lowest BCUT2D eigenvalue weighted by molar-refractivity contribution is -0.136. The molecule has 0 fully saturated rings. The van der Waals surface area contributed by atoms with Gasteiger partial charge in [0.15, 0.2) is 0 Å². The second kappa shape index (κ2) is 4.96. The SMILES string of the molecule is NC(P)=NNNCC(=O)O. The second-order valence-corrected chi connectivity index (χ2v) is 1.99. The van der Waals surface area contributed by atoms with Crippen molar-refractivity contribution >= 4 is 20.8 Å². The predicted molar refractivity (Wildman–Crippen MR) is 40.1 cm³/mol. The molecule has 0 spiro atoms. The van der Waals surface area contributed by atoms with E-state index >= 15 is 0 Å². The Labute approximate surface area is 60.0 Å². The summed E-state index contributed by atoms with van der Waals surface area (Å²) in [6, 6.07) is 0. The van der Waals surface area contributed by atoms with E-state index in [2.05, 4.69) is 25.3 Å². The summed E-state index contributed by atoms with van der Waals surface area (Å²) in [4.78, 5) is 9.86. The number of rotatable bonds is 4. The Bertz CT molecular complexity index is 143. The molecule has 1 unspecified atom stereocenters. The molecule has 0 aliphatic carbocycles. The lowest BCUT2D eigenvalue weighted by Crippen LogP contribution is -2.33. The van der Waals surface area contributed by atoms with E-state index in [0.29, 0.717) is 0 Å². The maximum atomic E-state index is 9.86. The van der Waals surface area contributed by atoms with Gasteiger partial charge in [0.05, 0.1) is 0 Å². The molecule has 0 rings (SSSR count). The van der Waals surface area contributed by atoms with Crippen LogP contribution in [0.3, 0.4) is 0 Å². The van der Waals surface area contributed by atoms with E-state index < -0.39 is 5.97 Å². The van der Waals surface area contributed by atoms with Crippen molar-refractivity contribution in [1.29, 1.82) is 0 Å². The second-order valence-electron chi connectivity index (χ2n) is 1.40. The number of carbonyl (C=O) groups is 1. The summed E-state index contributed by atoms with van der Waals surface area (Å²) in [7, 11) is 2.13. The smallest absolute Gasteiger partial charge is 0.319 e. The molecule has 0 radical (unpaired) electrons. The molecule has 7 heteroatoms. The maximum Gasteiger partial charge on any atom is 0.319 e. The summed E-state index contributed by atoms with van der Waals surface area (Å²) in [5, 5.41) is 11.5. The molecule has 0 aliphatic rings. The number of carboxylic acids is 1. The lowest BCUT2D eigenvalue weighted by atomic mass is 10.7. The highest BCUT2D eigenvalue weighted by Crippen LogP contribution is 1.74. The quantitative estimate of drug-likeness (QED) is 0.130. The summed E-state index contributed by atoms with van der Waals surface area (Å²) in [5.74, 6) is -0.968. The van der Waals surface area contributed by atoms with Crippen LogP contribution in [-0.2, 0) is 4.79 Å². The van der Waals surface area contributed by atoms with Crippen LogP contribution in [0.15, 0.2) is 5.10 Å². The van der Waals surface area contributed by atoms with Gasteiger partial charge in [0.1, 0.15) is 12.1 Å². The highest BCUT2D eigenvalue weighted by atomic mass is 31.0. The number of aliphatic carboxylic acids is 1. The van der Waals surface area contributed by atoms with Gasteiger partial charge < -0.3 is 10.8 Å². The van der Waals surface area contributed by atoms with Gasteiger partial charge in [-0.2, -0.15) is 0 Å². The summed E-state index contributed by atoms with van der Waals surface area (Å²) >= 11 is 0. The van der Waals surface area contributed by atoms with Crippen LogP contribution in [0.5, 0.6) is 0 Å². The van der Waals surface area contributed by atoms with Crippen molar-refractivity contribution in [3.8, 4) is 0 Å². The third kappa shape index (κ3) is 7.13. The Morgan fingerprint density at radius 3 is 2.80 bits per heavy atom. The third-order valence-corrected chi connectivity index (χ3v) is 0.633. The molecule has 6 nitrogen and oxygen atoms in total. The molecule has 1 atom stereocenters. The first kappa shape index (κ1) is 9.13. The first-order valence-corrected chi connectivity index (χ1v) is 2.99. The molecular formula is C3H9N4O2P. The number of carboxylic acid groups (broad SMARTS) is 1. The summed E-state index contributed by atoms with van der Waals surface area (Å²) in [6.45, 7) is -0.207. The standard InChI is InChI=1S/C3H9N4O2P/c4-3(10)6-7-5-1-2(8)9/h5,7H,1,10H2,(H2,4,6)(H,8,9). The van der Waals surface area contributed by atoms with Gasteiger partial charge in [-0.25, -0.2) is 11.0 Å². The molecule has 10 heavy (non-hydrogen) atoms. The van der Waals surface area contributed by atoms with Crippen molar-refractivity contribution < 1.29 is 9.90 Å². The third-order valence-electron chi connectivity index (χ3n) is 0.504. The highest BCUT2D eigenvalue weighted by molar-refractivity contribution is 7.40. The van der Waals surface area contributed by atoms with E-state index in [0.717, 1.165) is 0 Å². The van der Waals surface area contributed by atoms with Gasteiger partial charge in [-0.15, -0.1) is 5.10 Å². The fourth-order valence-corrected chi connectivity index (χ4v) is 0.284. The summed E-state index contributed by atoms with van der Waals surface area (Å²) in [6.07, 6.45) is 0. The molecule has 0 saturated heterocycles. The molecule has 0 aliphatic heterocycles. The van der Waals surface area contributed by atoms with Crippen molar-refractivity contribution in [3.63, 3.8) is 0 Å². The maximum absolute atomic E-state index is 9.86. The van der Waals surface area contributed by atoms with E-state index in [-0.39, 0.29) is 12.1 Å². The van der Waals surface area contributed by atoms with Gasteiger partial charge >= 0.3 is 5.97 Å². The fourth-order valence-electron chi connectivity index (χ4n) is 0.219. The van der Waals surface area contributed by atoms with Crippen LogP contribution in [0.2, 0.25) is 0 Å². The number of hydrogen-bond donors (Lipinski definition) is 4. The fraction of sp³-hybridized carbons (Fsp3) is 0.333. The number of hydrazone groups is 1. The average molecular weight is 164 g/mol. The van der Waals surface area contributed by atoms with E-state index in [4.69, 9.17) is 10.8 Å². The van der Waals surface area contributed by atoms with Gasteiger partial charge in [0, 0.05) is 0 Å². The Morgan fingerprint density at radius 2 is 2.40 bits per heavy atom. The van der Waals surface area contributed by atoms with Crippen molar-refractivity contribution in [3.05, 3.63) is 0 Å². The van der Waals surface area contributed by atoms with Crippen LogP contribution in [0.25, 0.3) is 0 Å². The molecule has 0 heterocycles. The monoisotopic (exact) mass is 164 g/mol. The first-order chi connectivity index (χ1) is 4.63. The number of nitrogens with one attached hydrogen (secondary N) is 2. The zero-order valence-electron chi connectivity index (χ0n) is 5.16. The molecule has 0 aromatic heterocycles. The lowest BCUT2D eigenvalue weighted by Gasteiger charge is -1.98. The Hall–Kier alpha value is -0.870. The number of hydrazine groups is 1. The van der Waals surface area contributed by atoms with Crippen molar-refractivity contribution in [2.45, 2.75) is 0 Å². The molecular weight excluding hydrogens is 155 g/mol. The number of nitrogens with two attached hydrogens (primary N) is 1. The summed E-state index contributed by atoms with van der Waals surface area (Å²) < 4.78 is 0. The van der Waals surface area contributed by atoms with Crippen LogP contribution in [-0.4, -0.2) is 23.2 Å². The Morgan fingerprint density at radius 1 is 1.80 bits per heavy atom. The zero-order valence-corrected chi connectivity index (χ0v) is 6.32. The van der Waals surface area contributed by atoms with Crippen molar-refractivity contribution in [2.75, 3.05) is 6.54 Å². The van der Waals surface area contributed by atoms with Crippen LogP contribution >= 0.6 is 9.24 Å². The molecule has 58 valence electrons. The van der Waals surface area contributed by atoms with Crippen LogP contribution < -0.4 is 16.7 Å². The molecule has 0 saturated carbocycles. The minimum absolute atomic E-state index is 0.207. The van der Waals surface area contributed by atoms with Crippen LogP contribution in [0, 0.1) is 0 Å². The molecule has 0 amide bonds. The van der Waals surface area contributed by atoms with Crippen LogP contribution in [0.4, 0.5) is 0 Å². The number of amidine groups is 1. The number of nitrogens with zero attached hydrogens (tertiary/aromatic N) is 1. The predicted octanol–water partition coefficient (Wildman–Crippen LogP) is -1.73. The number of hydrogen-bond acceptors (Lipinski definition) is 4. The van der Waals surface area contributed by atoms with E-state index in [1.807, 2.05) is 0 Å². The normalized spacial score (nSPS) is 11.1. The average Bonchev–Trinajstić information content (AvgIpc) is 1.79. The van der Waals surface area contributed by atoms with E-state index in [1.54, 1.807) is 0 Å². The Kier molecular flexibility index (Phi) is 4.53. The highest BCUT2D eigenvalue weighted by Gasteiger charge is 1.90. The van der Waals surface area contributed by atoms with E-state index in [1.165, 1.54) is 0 Å². The molecule has 5 N–H and O–H groups in total. The van der Waals surface area contributed by atoms with Crippen molar-refractivity contribution in [1.82, 2.24) is 11.0 Å². The van der Waals surface area contributed by atoms with Gasteiger partial charge in [-0.05, 0) is 0 Å². The van der Waals surface area contributed by atoms with Crippen LogP contribution in [0.1, 0.15) is 0 Å². The van der Waals surface area contributed by atoms with Crippen molar-refractivity contribution in [2.24, 2.45) is 10.8 Å². The molecule has 0 aromatic rings. The molecule has 0 aromatic carbocycles. The van der Waals surface area contributed by atoms with Gasteiger partial charge in [-0.1, -0.05) is 9.24 Å². The van der Waals surface area contributed by atoms with E-state index in [9.17, 15) is 4.79 Å². The minimum atomic E-state index is -0.968. The topological polar surface area (TPSA) is 99.7 Å². The summed E-state index contributed by atoms with van der Waals surface area (Å²) in [5.41, 5.74) is 9.83. The Balaban J connectivity index is 3.21. The van der Waals surface area contributed by atoms with Gasteiger partial charge in [-0.3, -0.25) is 4.79 Å². The van der Waals surface area contributed by atoms with Gasteiger partial charge in [0.25, 0.3) is 0 Å². The minimum Gasteiger partial charge on any atom is -0.480 e. The van der Waals surface area contributed by atoms with Gasteiger partial charge in [0.2, 0.25) is 0 Å². The first-order valence-electron chi connectivity index (χ1n) is 2.41.